The second kappa shape index (κ2) is 2.77. The third-order valence-electron chi connectivity index (χ3n) is 1.61. The largest absolute Gasteiger partial charge is 0.250 e. The Kier molecular flexibility index (Phi) is 2.28. The summed E-state index contributed by atoms with van der Waals surface area (Å²) in [6.07, 6.45) is 1.02. The van der Waals surface area contributed by atoms with Crippen molar-refractivity contribution in [3.8, 4) is 0 Å². The fraction of sp³-hybridized carbons (Fsp3) is 1.00. The molecule has 0 saturated heterocycles. The molecule has 1 rings (SSSR count). The predicted octanol–water partition coefficient (Wildman–Crippen LogP) is 1.90. The topological polar surface area (TPSA) is 29.4 Å². The average Bonchev–Trinajstić information content (AvgIpc) is 2.09. The molecule has 0 amide bonds. The first-order valence-electron chi connectivity index (χ1n) is 4.10. The highest BCUT2D eigenvalue weighted by Gasteiger charge is 2.22. The van der Waals surface area contributed by atoms with Gasteiger partial charge in [-0.25, -0.2) is 8.57 Å². The monoisotopic (exact) mass is 175 g/mol. The molecule has 0 N–H and O–H groups in total. The number of hydrogen-bond acceptors (Lipinski definition) is 2. The van der Waals surface area contributed by atoms with Gasteiger partial charge in [0.05, 0.1) is 0 Å². The molecule has 0 aliphatic carbocycles. The Labute approximate surface area is 69.6 Å². The third kappa shape index (κ3) is 2.81. The minimum atomic E-state index is -1.79. The molecule has 3 heteroatoms. The summed E-state index contributed by atoms with van der Waals surface area (Å²) in [6, 6.07) is 0. The van der Waals surface area contributed by atoms with Gasteiger partial charge in [-0.05, 0) is 11.8 Å². The number of nitrogens with zero attached hydrogens (tertiary/aromatic N) is 1. The Balaban J connectivity index is 2.69. The quantitative estimate of drug-likeness (QED) is 0.598. The number of rotatable bonds is 1. The van der Waals surface area contributed by atoms with Gasteiger partial charge in [0, 0.05) is 27.8 Å². The Morgan fingerprint density at radius 2 is 2.09 bits per heavy atom. The van der Waals surface area contributed by atoms with Crippen molar-refractivity contribution in [3.05, 3.63) is 0 Å². The molecule has 11 heavy (non-hydrogen) atoms. The zero-order valence-corrected chi connectivity index (χ0v) is 8.41. The summed E-state index contributed by atoms with van der Waals surface area (Å²) in [5.74, 6) is 1.59. The molecule has 1 aliphatic heterocycles. The first-order chi connectivity index (χ1) is 4.91. The van der Waals surface area contributed by atoms with E-state index in [9.17, 15) is 4.21 Å². The zero-order chi connectivity index (χ0) is 8.54. The van der Waals surface area contributed by atoms with Crippen LogP contribution >= 0.6 is 0 Å². The van der Waals surface area contributed by atoms with Crippen LogP contribution in [0.5, 0.6) is 0 Å². The molecule has 0 saturated carbocycles. The first-order valence-corrected chi connectivity index (χ1v) is 5.95. The van der Waals surface area contributed by atoms with E-state index in [1.807, 2.05) is 0 Å². The van der Waals surface area contributed by atoms with Crippen LogP contribution in [0.15, 0.2) is 4.36 Å². The summed E-state index contributed by atoms with van der Waals surface area (Å²) in [5.41, 5.74) is 0.158. The molecule has 0 bridgehead atoms. The summed E-state index contributed by atoms with van der Waals surface area (Å²) in [4.78, 5) is 0. The molecule has 2 nitrogen and oxygen atoms in total. The van der Waals surface area contributed by atoms with Gasteiger partial charge in [-0.1, -0.05) is 20.8 Å². The van der Waals surface area contributed by atoms with E-state index in [4.69, 9.17) is 0 Å². The van der Waals surface area contributed by atoms with Crippen molar-refractivity contribution in [2.45, 2.75) is 27.2 Å². The summed E-state index contributed by atoms with van der Waals surface area (Å²) in [6.45, 7) is 7.17. The maximum Gasteiger partial charge on any atom is 0.0493 e. The van der Waals surface area contributed by atoms with Crippen molar-refractivity contribution < 1.29 is 4.21 Å². The van der Waals surface area contributed by atoms with Gasteiger partial charge in [0.1, 0.15) is 0 Å². The Morgan fingerprint density at radius 1 is 1.45 bits per heavy atom. The predicted molar refractivity (Wildman–Crippen MR) is 49.2 cm³/mol. The minimum absolute atomic E-state index is 0.158. The van der Waals surface area contributed by atoms with Crippen LogP contribution < -0.4 is 0 Å². The highest BCUT2D eigenvalue weighted by molar-refractivity contribution is 7.93. The van der Waals surface area contributed by atoms with Gasteiger partial charge in [0.2, 0.25) is 0 Å². The van der Waals surface area contributed by atoms with Crippen molar-refractivity contribution in [1.82, 2.24) is 0 Å². The lowest BCUT2D eigenvalue weighted by Crippen LogP contribution is -2.20. The van der Waals surface area contributed by atoms with Crippen LogP contribution in [0.1, 0.15) is 27.2 Å². The Bertz CT molecular complexity index is 243. The van der Waals surface area contributed by atoms with Gasteiger partial charge >= 0.3 is 0 Å². The van der Waals surface area contributed by atoms with E-state index >= 15 is 0 Å². The summed E-state index contributed by atoms with van der Waals surface area (Å²) in [7, 11) is -1.79. The molecule has 0 aromatic heterocycles. The van der Waals surface area contributed by atoms with E-state index in [0.29, 0.717) is 0 Å². The Hall–Kier alpha value is -0.0500. The van der Waals surface area contributed by atoms with Gasteiger partial charge in [0.15, 0.2) is 0 Å². The first kappa shape index (κ1) is 9.04. The van der Waals surface area contributed by atoms with E-state index in [1.54, 1.807) is 0 Å². The van der Waals surface area contributed by atoms with Crippen molar-refractivity contribution in [1.29, 1.82) is 0 Å². The van der Waals surface area contributed by atoms with E-state index in [-0.39, 0.29) is 5.41 Å². The van der Waals surface area contributed by atoms with Crippen molar-refractivity contribution in [3.63, 3.8) is 0 Å². The lowest BCUT2D eigenvalue weighted by Gasteiger charge is -2.18. The molecule has 0 aromatic rings. The van der Waals surface area contributed by atoms with Crippen LogP contribution in [-0.2, 0) is 9.73 Å². The zero-order valence-electron chi connectivity index (χ0n) is 7.59. The highest BCUT2D eigenvalue weighted by atomic mass is 32.2. The standard InChI is InChI=1S/C8H17NOS/c1-8(2,3)7-11(10)6-4-5-9-11/h4-7H2,1-3H3. The minimum Gasteiger partial charge on any atom is -0.250 e. The third-order valence-corrected chi connectivity index (χ3v) is 4.50. The van der Waals surface area contributed by atoms with Crippen LogP contribution in [0.4, 0.5) is 0 Å². The van der Waals surface area contributed by atoms with Crippen LogP contribution in [0.3, 0.4) is 0 Å². The maximum absolute atomic E-state index is 11.8. The average molecular weight is 175 g/mol. The SMILES string of the molecule is CC(C)(C)CS1(=O)=NCCC1. The normalized spacial score (nSPS) is 31.9. The van der Waals surface area contributed by atoms with Gasteiger partial charge in [-0.2, -0.15) is 0 Å². The molecule has 1 heterocycles. The lowest BCUT2D eigenvalue weighted by atomic mass is 10.0. The fourth-order valence-corrected chi connectivity index (χ4v) is 4.14. The maximum atomic E-state index is 11.8. The van der Waals surface area contributed by atoms with E-state index in [2.05, 4.69) is 25.1 Å². The van der Waals surface area contributed by atoms with Crippen LogP contribution in [0, 0.1) is 5.41 Å². The molecular formula is C8H17NOS. The second-order valence-corrected chi connectivity index (χ2v) is 6.89. The Morgan fingerprint density at radius 3 is 2.45 bits per heavy atom. The summed E-state index contributed by atoms with van der Waals surface area (Å²) < 4.78 is 16.0. The molecule has 66 valence electrons. The molecule has 1 aliphatic rings. The molecule has 0 spiro atoms. The smallest absolute Gasteiger partial charge is 0.0493 e. The van der Waals surface area contributed by atoms with E-state index in [0.717, 1.165) is 24.5 Å². The lowest BCUT2D eigenvalue weighted by molar-refractivity contribution is 0.472. The number of hydrogen-bond donors (Lipinski definition) is 0. The summed E-state index contributed by atoms with van der Waals surface area (Å²) in [5, 5.41) is 0. The molecule has 0 aromatic carbocycles. The van der Waals surface area contributed by atoms with Gasteiger partial charge < -0.3 is 0 Å². The van der Waals surface area contributed by atoms with E-state index < -0.39 is 9.73 Å². The van der Waals surface area contributed by atoms with Crippen LogP contribution in [0.25, 0.3) is 0 Å². The fourth-order valence-electron chi connectivity index (χ4n) is 1.38. The van der Waals surface area contributed by atoms with Gasteiger partial charge in [-0.3, -0.25) is 0 Å². The van der Waals surface area contributed by atoms with Crippen molar-refractivity contribution in [2.75, 3.05) is 18.1 Å². The van der Waals surface area contributed by atoms with Crippen LogP contribution in [-0.4, -0.2) is 22.3 Å². The van der Waals surface area contributed by atoms with Gasteiger partial charge in [0.25, 0.3) is 0 Å². The molecule has 0 fully saturated rings. The molecule has 0 radical (unpaired) electrons. The highest BCUT2D eigenvalue weighted by Crippen LogP contribution is 2.21. The van der Waals surface area contributed by atoms with Gasteiger partial charge in [-0.15, -0.1) is 0 Å². The van der Waals surface area contributed by atoms with Crippen molar-refractivity contribution >= 4 is 9.73 Å². The molecule has 1 atom stereocenters. The van der Waals surface area contributed by atoms with E-state index in [1.165, 1.54) is 0 Å². The molecule has 1 unspecified atom stereocenters. The second-order valence-electron chi connectivity index (χ2n) is 4.39. The summed E-state index contributed by atoms with van der Waals surface area (Å²) >= 11 is 0. The molecular weight excluding hydrogens is 158 g/mol. The van der Waals surface area contributed by atoms with Crippen molar-refractivity contribution in [2.24, 2.45) is 9.78 Å². The van der Waals surface area contributed by atoms with Crippen LogP contribution in [0.2, 0.25) is 0 Å².